The summed E-state index contributed by atoms with van der Waals surface area (Å²) in [6, 6.07) is 7.65. The molecule has 3 heterocycles. The average Bonchev–Trinajstić information content (AvgIpc) is 3.15. The highest BCUT2D eigenvalue weighted by molar-refractivity contribution is 5.92. The molecule has 0 radical (unpaired) electrons. The van der Waals surface area contributed by atoms with Gasteiger partial charge in [0.05, 0.1) is 5.69 Å². The summed E-state index contributed by atoms with van der Waals surface area (Å²) in [7, 11) is 1.79. The number of nitrogens with zero attached hydrogens (tertiary/aromatic N) is 5. The van der Waals surface area contributed by atoms with Gasteiger partial charge in [-0.2, -0.15) is 5.10 Å². The maximum Gasteiger partial charge on any atom is 0.269 e. The molecule has 0 aliphatic heterocycles. The number of aryl methyl sites for hydroxylation is 3. The smallest absolute Gasteiger partial charge is 0.269 e. The third kappa shape index (κ3) is 3.23. The van der Waals surface area contributed by atoms with Gasteiger partial charge >= 0.3 is 0 Å². The molecule has 3 aromatic rings. The number of fused-ring (bicyclic) bond motifs is 1. The number of carbonyl (C=O) groups is 1. The Morgan fingerprint density at radius 2 is 2.17 bits per heavy atom. The van der Waals surface area contributed by atoms with E-state index < -0.39 is 0 Å². The molecule has 1 amide bonds. The van der Waals surface area contributed by atoms with Crippen LogP contribution >= 0.6 is 0 Å². The summed E-state index contributed by atoms with van der Waals surface area (Å²) in [4.78, 5) is 12.2. The Labute approximate surface area is 134 Å². The first-order chi connectivity index (χ1) is 11.2. The van der Waals surface area contributed by atoms with Crippen LogP contribution in [0.3, 0.4) is 0 Å². The van der Waals surface area contributed by atoms with Gasteiger partial charge in [0.15, 0.2) is 5.65 Å². The maximum atomic E-state index is 12.2. The van der Waals surface area contributed by atoms with Crippen molar-refractivity contribution in [3.8, 4) is 0 Å². The Hall–Kier alpha value is -2.70. The van der Waals surface area contributed by atoms with E-state index in [9.17, 15) is 4.79 Å². The van der Waals surface area contributed by atoms with Crippen molar-refractivity contribution in [3.05, 3.63) is 47.7 Å². The first kappa shape index (κ1) is 15.2. The molecule has 0 spiro atoms. The molecular formula is C16H20N6O. The van der Waals surface area contributed by atoms with Gasteiger partial charge in [0.1, 0.15) is 11.5 Å². The second-order valence-corrected chi connectivity index (χ2v) is 5.40. The standard InChI is InChI=1S/C16H20N6O/c1-3-12-11-13(21(2)20-12)16(23)17-9-6-8-15-19-18-14-7-4-5-10-22(14)15/h4-5,7,10-11H,3,6,8-9H2,1-2H3,(H,17,23). The van der Waals surface area contributed by atoms with Gasteiger partial charge in [-0.05, 0) is 31.0 Å². The zero-order valence-corrected chi connectivity index (χ0v) is 13.4. The largest absolute Gasteiger partial charge is 0.351 e. The van der Waals surface area contributed by atoms with Crippen LogP contribution in [-0.2, 0) is 19.9 Å². The summed E-state index contributed by atoms with van der Waals surface area (Å²) in [6.07, 6.45) is 4.34. The molecule has 0 aliphatic carbocycles. The molecule has 0 unspecified atom stereocenters. The van der Waals surface area contributed by atoms with Crippen LogP contribution in [0, 0.1) is 0 Å². The lowest BCUT2D eigenvalue weighted by molar-refractivity contribution is 0.0943. The number of pyridine rings is 1. The van der Waals surface area contributed by atoms with Crippen LogP contribution in [0.25, 0.3) is 5.65 Å². The third-order valence-electron chi connectivity index (χ3n) is 3.77. The number of amides is 1. The highest BCUT2D eigenvalue weighted by Crippen LogP contribution is 2.06. The Morgan fingerprint density at radius 1 is 1.30 bits per heavy atom. The minimum atomic E-state index is -0.0919. The molecule has 3 aromatic heterocycles. The molecule has 0 saturated carbocycles. The van der Waals surface area contributed by atoms with Crippen LogP contribution in [0.5, 0.6) is 0 Å². The fourth-order valence-corrected chi connectivity index (χ4v) is 2.51. The van der Waals surface area contributed by atoms with E-state index in [0.717, 1.165) is 36.4 Å². The van der Waals surface area contributed by atoms with E-state index >= 15 is 0 Å². The van der Waals surface area contributed by atoms with E-state index in [1.165, 1.54) is 0 Å². The van der Waals surface area contributed by atoms with Crippen molar-refractivity contribution in [3.63, 3.8) is 0 Å². The lowest BCUT2D eigenvalue weighted by Crippen LogP contribution is -2.26. The Kier molecular flexibility index (Phi) is 4.36. The zero-order chi connectivity index (χ0) is 16.2. The van der Waals surface area contributed by atoms with Crippen molar-refractivity contribution in [2.75, 3.05) is 6.54 Å². The second-order valence-electron chi connectivity index (χ2n) is 5.40. The number of aromatic nitrogens is 5. The topological polar surface area (TPSA) is 77.1 Å². The van der Waals surface area contributed by atoms with Crippen LogP contribution in [0.15, 0.2) is 30.5 Å². The molecule has 23 heavy (non-hydrogen) atoms. The number of nitrogens with one attached hydrogen (secondary N) is 1. The highest BCUT2D eigenvalue weighted by atomic mass is 16.2. The summed E-state index contributed by atoms with van der Waals surface area (Å²) < 4.78 is 3.59. The van der Waals surface area contributed by atoms with Crippen LogP contribution in [-0.4, -0.2) is 36.8 Å². The molecule has 7 heteroatoms. The van der Waals surface area contributed by atoms with E-state index in [1.54, 1.807) is 11.7 Å². The van der Waals surface area contributed by atoms with Crippen LogP contribution in [0.2, 0.25) is 0 Å². The molecule has 0 bridgehead atoms. The predicted molar refractivity (Wildman–Crippen MR) is 86.2 cm³/mol. The van der Waals surface area contributed by atoms with Gasteiger partial charge in [0, 0.05) is 26.2 Å². The normalized spacial score (nSPS) is 11.0. The lowest BCUT2D eigenvalue weighted by atomic mass is 10.2. The van der Waals surface area contributed by atoms with E-state index in [2.05, 4.69) is 20.6 Å². The third-order valence-corrected chi connectivity index (χ3v) is 3.77. The maximum absolute atomic E-state index is 12.2. The van der Waals surface area contributed by atoms with Crippen molar-refractivity contribution in [1.82, 2.24) is 29.7 Å². The molecule has 120 valence electrons. The van der Waals surface area contributed by atoms with Crippen LogP contribution in [0.4, 0.5) is 0 Å². The molecule has 0 saturated heterocycles. The molecule has 0 aliphatic rings. The summed E-state index contributed by atoms with van der Waals surface area (Å²) in [5.74, 6) is 0.814. The first-order valence-electron chi connectivity index (χ1n) is 7.78. The lowest BCUT2D eigenvalue weighted by Gasteiger charge is -2.05. The number of hydrogen-bond acceptors (Lipinski definition) is 4. The Bertz CT molecular complexity index is 819. The van der Waals surface area contributed by atoms with E-state index in [-0.39, 0.29) is 5.91 Å². The Balaban J connectivity index is 1.53. The molecule has 1 N–H and O–H groups in total. The Morgan fingerprint density at radius 3 is 2.96 bits per heavy atom. The number of rotatable bonds is 6. The highest BCUT2D eigenvalue weighted by Gasteiger charge is 2.12. The summed E-state index contributed by atoms with van der Waals surface area (Å²) in [6.45, 7) is 2.61. The summed E-state index contributed by atoms with van der Waals surface area (Å²) >= 11 is 0. The zero-order valence-electron chi connectivity index (χ0n) is 13.4. The minimum absolute atomic E-state index is 0.0919. The minimum Gasteiger partial charge on any atom is -0.351 e. The molecule has 0 fully saturated rings. The SMILES string of the molecule is CCc1cc(C(=O)NCCCc2nnc3ccccn23)n(C)n1. The van der Waals surface area contributed by atoms with Crippen molar-refractivity contribution < 1.29 is 4.79 Å². The molecule has 0 aromatic carbocycles. The van der Waals surface area contributed by atoms with E-state index in [1.807, 2.05) is 41.8 Å². The van der Waals surface area contributed by atoms with Crippen LogP contribution in [0.1, 0.15) is 35.4 Å². The van der Waals surface area contributed by atoms with Gasteiger partial charge in [-0.25, -0.2) is 0 Å². The fraction of sp³-hybridized carbons (Fsp3) is 0.375. The summed E-state index contributed by atoms with van der Waals surface area (Å²) in [5, 5.41) is 15.5. The van der Waals surface area contributed by atoms with E-state index in [0.29, 0.717) is 12.2 Å². The number of carbonyl (C=O) groups excluding carboxylic acids is 1. The van der Waals surface area contributed by atoms with Gasteiger partial charge in [-0.15, -0.1) is 10.2 Å². The van der Waals surface area contributed by atoms with Crippen molar-refractivity contribution in [2.45, 2.75) is 26.2 Å². The van der Waals surface area contributed by atoms with Crippen molar-refractivity contribution in [2.24, 2.45) is 7.05 Å². The molecular weight excluding hydrogens is 292 g/mol. The van der Waals surface area contributed by atoms with Gasteiger partial charge in [0.25, 0.3) is 5.91 Å². The van der Waals surface area contributed by atoms with Gasteiger partial charge in [-0.1, -0.05) is 13.0 Å². The van der Waals surface area contributed by atoms with Gasteiger partial charge < -0.3 is 5.32 Å². The molecule has 3 rings (SSSR count). The predicted octanol–water partition coefficient (Wildman–Crippen LogP) is 1.39. The van der Waals surface area contributed by atoms with E-state index in [4.69, 9.17) is 0 Å². The molecule has 0 atom stereocenters. The number of hydrogen-bond donors (Lipinski definition) is 1. The van der Waals surface area contributed by atoms with Crippen LogP contribution < -0.4 is 5.32 Å². The fourth-order valence-electron chi connectivity index (χ4n) is 2.51. The second kappa shape index (κ2) is 6.60. The monoisotopic (exact) mass is 312 g/mol. The van der Waals surface area contributed by atoms with Gasteiger partial charge in [0.2, 0.25) is 0 Å². The van der Waals surface area contributed by atoms with Crippen molar-refractivity contribution in [1.29, 1.82) is 0 Å². The summed E-state index contributed by atoms with van der Waals surface area (Å²) in [5.41, 5.74) is 2.36. The molecule has 7 nitrogen and oxygen atoms in total. The average molecular weight is 312 g/mol. The first-order valence-corrected chi connectivity index (χ1v) is 7.78. The van der Waals surface area contributed by atoms with Gasteiger partial charge in [-0.3, -0.25) is 13.9 Å². The van der Waals surface area contributed by atoms with Crippen molar-refractivity contribution >= 4 is 11.6 Å². The quantitative estimate of drug-likeness (QED) is 0.698.